The standard InChI is InChI=1S/C16H14F3N3OS2/c1-22(2)15-21-14-11(25-15)8-10(24-14)13(23)20-12(16(17,18)19)9-6-4-3-5-7-9/h3-8,12H,1-2H3,(H,20,23)/t12-/m0/s1. The number of alkyl halides is 3. The van der Waals surface area contributed by atoms with Crippen molar-refractivity contribution in [3.05, 3.63) is 46.8 Å². The Labute approximate surface area is 149 Å². The lowest BCUT2D eigenvalue weighted by molar-refractivity contribution is -0.155. The first-order valence-electron chi connectivity index (χ1n) is 7.26. The van der Waals surface area contributed by atoms with Gasteiger partial charge in [0.15, 0.2) is 11.2 Å². The zero-order valence-corrected chi connectivity index (χ0v) is 14.9. The molecule has 25 heavy (non-hydrogen) atoms. The third kappa shape index (κ3) is 3.77. The van der Waals surface area contributed by atoms with Crippen LogP contribution in [0.5, 0.6) is 0 Å². The molecule has 132 valence electrons. The molecule has 0 fully saturated rings. The van der Waals surface area contributed by atoms with Crippen LogP contribution in [-0.2, 0) is 0 Å². The molecular formula is C16H14F3N3OS2. The van der Waals surface area contributed by atoms with Gasteiger partial charge in [-0.05, 0) is 11.6 Å². The van der Waals surface area contributed by atoms with Crippen molar-refractivity contribution in [1.82, 2.24) is 10.3 Å². The van der Waals surface area contributed by atoms with Crippen LogP contribution in [0.3, 0.4) is 0 Å². The number of benzene rings is 1. The molecule has 0 saturated carbocycles. The number of amides is 1. The summed E-state index contributed by atoms with van der Waals surface area (Å²) < 4.78 is 40.8. The molecule has 0 spiro atoms. The highest BCUT2D eigenvalue weighted by Gasteiger charge is 2.42. The Morgan fingerprint density at radius 2 is 1.88 bits per heavy atom. The van der Waals surface area contributed by atoms with Crippen LogP contribution in [0.25, 0.3) is 9.53 Å². The SMILES string of the molecule is CN(C)c1nc2sc(C(=O)N[C@@H](c3ccccc3)C(F)(F)F)cc2s1. The van der Waals surface area contributed by atoms with Crippen molar-refractivity contribution in [3.63, 3.8) is 0 Å². The van der Waals surface area contributed by atoms with Crippen molar-refractivity contribution < 1.29 is 18.0 Å². The van der Waals surface area contributed by atoms with Crippen LogP contribution in [0.1, 0.15) is 21.3 Å². The highest BCUT2D eigenvalue weighted by atomic mass is 32.1. The maximum atomic E-state index is 13.3. The molecule has 1 N–H and O–H groups in total. The summed E-state index contributed by atoms with van der Waals surface area (Å²) in [7, 11) is 3.70. The number of fused-ring (bicyclic) bond motifs is 1. The first-order chi connectivity index (χ1) is 11.8. The minimum atomic E-state index is -4.58. The number of nitrogens with one attached hydrogen (secondary N) is 1. The largest absolute Gasteiger partial charge is 0.412 e. The lowest BCUT2D eigenvalue weighted by Gasteiger charge is -2.21. The molecule has 0 aliphatic heterocycles. The summed E-state index contributed by atoms with van der Waals surface area (Å²) in [4.78, 5) is 19.4. The fraction of sp³-hybridized carbons (Fsp3) is 0.250. The number of aromatic nitrogens is 1. The molecule has 3 rings (SSSR count). The number of carbonyl (C=O) groups is 1. The summed E-state index contributed by atoms with van der Waals surface area (Å²) in [6, 6.07) is 6.86. The van der Waals surface area contributed by atoms with Gasteiger partial charge in [-0.3, -0.25) is 4.79 Å². The Balaban J connectivity index is 1.85. The molecule has 0 aliphatic rings. The summed E-state index contributed by atoms with van der Waals surface area (Å²) in [5.41, 5.74) is -0.00487. The van der Waals surface area contributed by atoms with Crippen LogP contribution in [-0.4, -0.2) is 31.2 Å². The highest BCUT2D eigenvalue weighted by molar-refractivity contribution is 7.29. The number of thiazole rings is 1. The molecule has 0 unspecified atom stereocenters. The van der Waals surface area contributed by atoms with Crippen molar-refractivity contribution in [2.45, 2.75) is 12.2 Å². The van der Waals surface area contributed by atoms with E-state index in [4.69, 9.17) is 0 Å². The Kier molecular flexibility index (Phi) is 4.70. The molecule has 0 aliphatic carbocycles. The predicted molar refractivity (Wildman–Crippen MR) is 94.5 cm³/mol. The monoisotopic (exact) mass is 385 g/mol. The van der Waals surface area contributed by atoms with Crippen molar-refractivity contribution in [3.8, 4) is 0 Å². The van der Waals surface area contributed by atoms with E-state index in [0.717, 1.165) is 21.2 Å². The molecule has 1 amide bonds. The van der Waals surface area contributed by atoms with E-state index in [-0.39, 0.29) is 10.4 Å². The summed E-state index contributed by atoms with van der Waals surface area (Å²) >= 11 is 2.47. The van der Waals surface area contributed by atoms with Crippen LogP contribution in [0, 0.1) is 0 Å². The van der Waals surface area contributed by atoms with E-state index in [1.54, 1.807) is 12.1 Å². The Morgan fingerprint density at radius 1 is 1.20 bits per heavy atom. The number of rotatable bonds is 4. The first-order valence-corrected chi connectivity index (χ1v) is 8.89. The number of carbonyl (C=O) groups excluding carboxylic acids is 1. The Bertz CT molecular complexity index is 856. The zero-order valence-electron chi connectivity index (χ0n) is 13.3. The third-order valence-electron chi connectivity index (χ3n) is 3.42. The van der Waals surface area contributed by atoms with Crippen LogP contribution in [0.4, 0.5) is 18.3 Å². The quantitative estimate of drug-likeness (QED) is 0.721. The van der Waals surface area contributed by atoms with Gasteiger partial charge in [0.05, 0.1) is 9.58 Å². The molecular weight excluding hydrogens is 371 g/mol. The van der Waals surface area contributed by atoms with Gasteiger partial charge in [-0.25, -0.2) is 4.98 Å². The van der Waals surface area contributed by atoms with Crippen molar-refractivity contribution >= 4 is 43.2 Å². The normalized spacial score (nSPS) is 13.0. The second-order valence-electron chi connectivity index (χ2n) is 5.53. The average Bonchev–Trinajstić information content (AvgIpc) is 3.11. The van der Waals surface area contributed by atoms with Gasteiger partial charge in [0.25, 0.3) is 5.91 Å². The minimum Gasteiger partial charge on any atom is -0.354 e. The fourth-order valence-electron chi connectivity index (χ4n) is 2.23. The van der Waals surface area contributed by atoms with Gasteiger partial charge in [0.1, 0.15) is 4.83 Å². The average molecular weight is 385 g/mol. The van der Waals surface area contributed by atoms with Gasteiger partial charge in [-0.2, -0.15) is 13.2 Å². The highest BCUT2D eigenvalue weighted by Crippen LogP contribution is 2.36. The zero-order chi connectivity index (χ0) is 18.2. The van der Waals surface area contributed by atoms with E-state index in [1.807, 2.05) is 19.0 Å². The number of anilines is 1. The van der Waals surface area contributed by atoms with Crippen LogP contribution >= 0.6 is 22.7 Å². The molecule has 0 bridgehead atoms. The second kappa shape index (κ2) is 6.64. The molecule has 2 heterocycles. The van der Waals surface area contributed by atoms with Gasteiger partial charge in [-0.1, -0.05) is 41.7 Å². The van der Waals surface area contributed by atoms with Crippen molar-refractivity contribution in [1.29, 1.82) is 0 Å². The Morgan fingerprint density at radius 3 is 2.44 bits per heavy atom. The lowest BCUT2D eigenvalue weighted by Crippen LogP contribution is -2.37. The Hall–Kier alpha value is -2.13. The summed E-state index contributed by atoms with van der Waals surface area (Å²) in [6.45, 7) is 0. The third-order valence-corrected chi connectivity index (χ3v) is 5.75. The minimum absolute atomic E-state index is 0.00487. The van der Waals surface area contributed by atoms with Gasteiger partial charge in [0, 0.05) is 14.1 Å². The molecule has 4 nitrogen and oxygen atoms in total. The van der Waals surface area contributed by atoms with E-state index in [1.165, 1.54) is 35.6 Å². The fourth-order valence-corrected chi connectivity index (χ4v) is 4.27. The second-order valence-corrected chi connectivity index (χ2v) is 7.57. The van der Waals surface area contributed by atoms with Crippen molar-refractivity contribution in [2.24, 2.45) is 0 Å². The molecule has 1 aromatic carbocycles. The van der Waals surface area contributed by atoms with Gasteiger partial charge >= 0.3 is 6.18 Å². The molecule has 3 aromatic rings. The molecule has 2 aromatic heterocycles. The number of hydrogen-bond acceptors (Lipinski definition) is 5. The maximum Gasteiger partial charge on any atom is 0.412 e. The summed E-state index contributed by atoms with van der Waals surface area (Å²) in [6.07, 6.45) is -4.58. The van der Waals surface area contributed by atoms with Gasteiger partial charge < -0.3 is 10.2 Å². The smallest absolute Gasteiger partial charge is 0.354 e. The number of thiophene rings is 1. The first kappa shape index (κ1) is 17.7. The molecule has 9 heteroatoms. The van der Waals surface area contributed by atoms with E-state index in [9.17, 15) is 18.0 Å². The number of hydrogen-bond donors (Lipinski definition) is 1. The maximum absolute atomic E-state index is 13.3. The molecule has 0 saturated heterocycles. The number of nitrogens with zero attached hydrogens (tertiary/aromatic N) is 2. The predicted octanol–water partition coefficient (Wildman–Crippen LogP) is 4.46. The molecule has 0 radical (unpaired) electrons. The summed E-state index contributed by atoms with van der Waals surface area (Å²) in [5.74, 6) is -0.757. The van der Waals surface area contributed by atoms with E-state index in [2.05, 4.69) is 10.3 Å². The van der Waals surface area contributed by atoms with E-state index >= 15 is 0 Å². The van der Waals surface area contributed by atoms with E-state index in [0.29, 0.717) is 4.83 Å². The van der Waals surface area contributed by atoms with E-state index < -0.39 is 18.1 Å². The topological polar surface area (TPSA) is 45.2 Å². The van der Waals surface area contributed by atoms with Crippen LogP contribution in [0.2, 0.25) is 0 Å². The lowest BCUT2D eigenvalue weighted by atomic mass is 10.1. The number of halogens is 3. The summed E-state index contributed by atoms with van der Waals surface area (Å²) in [5, 5.41) is 2.87. The van der Waals surface area contributed by atoms with Gasteiger partial charge in [-0.15, -0.1) is 11.3 Å². The van der Waals surface area contributed by atoms with Crippen LogP contribution < -0.4 is 10.2 Å². The van der Waals surface area contributed by atoms with Crippen LogP contribution in [0.15, 0.2) is 36.4 Å². The van der Waals surface area contributed by atoms with Crippen molar-refractivity contribution in [2.75, 3.05) is 19.0 Å². The van der Waals surface area contributed by atoms with Gasteiger partial charge in [0.2, 0.25) is 0 Å². The molecule has 1 atom stereocenters.